The van der Waals surface area contributed by atoms with Crippen molar-refractivity contribution in [1.82, 2.24) is 14.7 Å². The van der Waals surface area contributed by atoms with Gasteiger partial charge in [-0.1, -0.05) is 0 Å². The first-order chi connectivity index (χ1) is 11.9. The highest BCUT2D eigenvalue weighted by atomic mass is 127. The van der Waals surface area contributed by atoms with Gasteiger partial charge in [-0.25, -0.2) is 8.42 Å². The molecule has 4 aliphatic carbocycles. The normalized spacial score (nSPS) is 42.8. The van der Waals surface area contributed by atoms with Crippen LogP contribution in [0.1, 0.15) is 38.5 Å². The van der Waals surface area contributed by atoms with Gasteiger partial charge in [0.05, 0.1) is 21.3 Å². The Bertz CT molecular complexity index is 762. The highest BCUT2D eigenvalue weighted by molar-refractivity contribution is 14.1. The van der Waals surface area contributed by atoms with E-state index in [0.717, 1.165) is 31.5 Å². The predicted octanol–water partition coefficient (Wildman–Crippen LogP) is 2.56. The van der Waals surface area contributed by atoms with Crippen LogP contribution in [-0.2, 0) is 16.4 Å². The van der Waals surface area contributed by atoms with E-state index >= 15 is 0 Å². The lowest BCUT2D eigenvalue weighted by Crippen LogP contribution is -2.65. The quantitative estimate of drug-likeness (QED) is 0.631. The van der Waals surface area contributed by atoms with Gasteiger partial charge in [-0.2, -0.15) is 5.10 Å². The van der Waals surface area contributed by atoms with Crippen molar-refractivity contribution >= 4 is 32.4 Å². The third-order valence-corrected chi connectivity index (χ3v) is 9.43. The Hall–Kier alpha value is -0.150. The largest absolute Gasteiger partial charge is 0.296 e. The van der Waals surface area contributed by atoms with Gasteiger partial charge < -0.3 is 0 Å². The average Bonchev–Trinajstić information content (AvgIpc) is 2.89. The molecule has 138 valence electrons. The third kappa shape index (κ3) is 2.98. The summed E-state index contributed by atoms with van der Waals surface area (Å²) >= 11 is 2.34. The maximum atomic E-state index is 11.9. The molecule has 0 amide bonds. The molecule has 0 spiro atoms. The summed E-state index contributed by atoms with van der Waals surface area (Å²) in [5.41, 5.74) is 0.635. The molecule has 5 nitrogen and oxygen atoms in total. The van der Waals surface area contributed by atoms with Crippen LogP contribution in [0.4, 0.5) is 0 Å². The van der Waals surface area contributed by atoms with E-state index in [4.69, 9.17) is 0 Å². The van der Waals surface area contributed by atoms with Crippen LogP contribution in [0.2, 0.25) is 0 Å². The Morgan fingerprint density at radius 2 is 1.84 bits per heavy atom. The fourth-order valence-corrected chi connectivity index (χ4v) is 8.56. The monoisotopic (exact) mass is 475 g/mol. The van der Waals surface area contributed by atoms with E-state index in [1.54, 1.807) is 0 Å². The van der Waals surface area contributed by atoms with Gasteiger partial charge in [0, 0.05) is 31.4 Å². The Morgan fingerprint density at radius 1 is 1.16 bits per heavy atom. The summed E-state index contributed by atoms with van der Waals surface area (Å²) in [7, 11) is -2.80. The fraction of sp³-hybridized carbons (Fsp3) is 0.833. The zero-order chi connectivity index (χ0) is 17.3. The summed E-state index contributed by atoms with van der Waals surface area (Å²) in [5, 5.41) is 4.56. The average molecular weight is 475 g/mol. The lowest BCUT2D eigenvalue weighted by Gasteiger charge is -2.65. The molecule has 0 N–H and O–H groups in total. The molecule has 4 saturated carbocycles. The summed E-state index contributed by atoms with van der Waals surface area (Å²) in [6, 6.07) is 0. The Kier molecular flexibility index (Phi) is 3.85. The van der Waals surface area contributed by atoms with E-state index in [2.05, 4.69) is 43.5 Å². The first-order valence-corrected chi connectivity index (χ1v) is 12.4. The lowest BCUT2D eigenvalue weighted by atomic mass is 9.46. The van der Waals surface area contributed by atoms with Gasteiger partial charge in [0.15, 0.2) is 9.84 Å². The molecule has 1 aromatic heterocycles. The van der Waals surface area contributed by atoms with E-state index in [1.807, 2.05) is 6.20 Å². The molecule has 1 aliphatic heterocycles. The number of sulfone groups is 1. The molecule has 25 heavy (non-hydrogen) atoms. The molecule has 5 fully saturated rings. The van der Waals surface area contributed by atoms with E-state index in [1.165, 1.54) is 42.1 Å². The van der Waals surface area contributed by atoms with Crippen molar-refractivity contribution in [3.05, 3.63) is 16.0 Å². The summed E-state index contributed by atoms with van der Waals surface area (Å²) in [5.74, 6) is 2.37. The molecule has 2 heterocycles. The van der Waals surface area contributed by atoms with Crippen molar-refractivity contribution in [3.63, 3.8) is 0 Å². The first kappa shape index (κ1) is 17.0. The van der Waals surface area contributed by atoms with Crippen LogP contribution in [0.15, 0.2) is 12.4 Å². The topological polar surface area (TPSA) is 55.2 Å². The van der Waals surface area contributed by atoms with Crippen molar-refractivity contribution in [1.29, 1.82) is 0 Å². The summed E-state index contributed by atoms with van der Waals surface area (Å²) in [4.78, 5) is 2.58. The second-order valence-electron chi connectivity index (χ2n) is 9.18. The molecule has 7 heteroatoms. The Morgan fingerprint density at radius 3 is 2.44 bits per heavy atom. The minimum Gasteiger partial charge on any atom is -0.296 e. The van der Waals surface area contributed by atoms with Gasteiger partial charge in [-0.3, -0.25) is 9.58 Å². The molecule has 5 aliphatic rings. The van der Waals surface area contributed by atoms with Crippen LogP contribution in [0, 0.1) is 20.8 Å². The van der Waals surface area contributed by atoms with Crippen LogP contribution >= 0.6 is 22.6 Å². The Labute approximate surface area is 163 Å². The van der Waals surface area contributed by atoms with Crippen molar-refractivity contribution in [2.24, 2.45) is 17.3 Å². The number of rotatable bonds is 3. The summed E-state index contributed by atoms with van der Waals surface area (Å²) < 4.78 is 27.1. The molecular weight excluding hydrogens is 449 g/mol. The highest BCUT2D eigenvalue weighted by Crippen LogP contribution is 2.63. The number of hydrogen-bond donors (Lipinski definition) is 0. The SMILES string of the molecule is O=S1(=O)CCN(C23CC4CC(CC(Cn5cc(I)cn5)(C4)C2)C3)CC1. The predicted molar refractivity (Wildman–Crippen MR) is 105 cm³/mol. The maximum absolute atomic E-state index is 11.9. The van der Waals surface area contributed by atoms with Gasteiger partial charge in [0.25, 0.3) is 0 Å². The van der Waals surface area contributed by atoms with E-state index in [9.17, 15) is 8.42 Å². The maximum Gasteiger partial charge on any atom is 0.152 e. The number of halogens is 1. The van der Waals surface area contributed by atoms with Crippen LogP contribution < -0.4 is 0 Å². The molecule has 0 aromatic carbocycles. The summed E-state index contributed by atoms with van der Waals surface area (Å²) in [6.07, 6.45) is 12.0. The van der Waals surface area contributed by atoms with Gasteiger partial charge in [-0.05, 0) is 78.4 Å². The number of nitrogens with zero attached hydrogens (tertiary/aromatic N) is 3. The minimum atomic E-state index is -2.80. The van der Waals surface area contributed by atoms with Gasteiger partial charge in [0.2, 0.25) is 0 Å². The van der Waals surface area contributed by atoms with Crippen LogP contribution in [-0.4, -0.2) is 53.2 Å². The summed E-state index contributed by atoms with van der Waals surface area (Å²) in [6.45, 7) is 2.53. The molecule has 6 rings (SSSR count). The fourth-order valence-electron chi connectivity index (χ4n) is 6.91. The lowest BCUT2D eigenvalue weighted by molar-refractivity contribution is -0.137. The molecule has 2 unspecified atom stereocenters. The van der Waals surface area contributed by atoms with Crippen LogP contribution in [0.5, 0.6) is 0 Å². The van der Waals surface area contributed by atoms with Crippen molar-refractivity contribution in [2.45, 2.75) is 50.6 Å². The van der Waals surface area contributed by atoms with Gasteiger partial charge in [-0.15, -0.1) is 0 Å². The molecular formula is C18H26IN3O2S. The number of aromatic nitrogens is 2. The highest BCUT2D eigenvalue weighted by Gasteiger charge is 2.59. The number of hydrogen-bond acceptors (Lipinski definition) is 4. The van der Waals surface area contributed by atoms with Crippen LogP contribution in [0.25, 0.3) is 0 Å². The first-order valence-electron chi connectivity index (χ1n) is 9.49. The molecule has 1 saturated heterocycles. The van der Waals surface area contributed by atoms with E-state index in [0.29, 0.717) is 16.9 Å². The van der Waals surface area contributed by atoms with Crippen LogP contribution in [0.3, 0.4) is 0 Å². The zero-order valence-electron chi connectivity index (χ0n) is 14.5. The minimum absolute atomic E-state index is 0.264. The van der Waals surface area contributed by atoms with Gasteiger partial charge >= 0.3 is 0 Å². The third-order valence-electron chi connectivity index (χ3n) is 7.27. The zero-order valence-corrected chi connectivity index (χ0v) is 17.5. The second kappa shape index (κ2) is 5.67. The molecule has 4 bridgehead atoms. The van der Waals surface area contributed by atoms with E-state index in [-0.39, 0.29) is 5.54 Å². The molecule has 0 radical (unpaired) electrons. The van der Waals surface area contributed by atoms with Crippen molar-refractivity contribution < 1.29 is 8.42 Å². The van der Waals surface area contributed by atoms with Crippen molar-refractivity contribution in [3.8, 4) is 0 Å². The molecule has 2 atom stereocenters. The van der Waals surface area contributed by atoms with Crippen molar-refractivity contribution in [2.75, 3.05) is 24.6 Å². The Balaban J connectivity index is 1.42. The smallest absolute Gasteiger partial charge is 0.152 e. The second-order valence-corrected chi connectivity index (χ2v) is 12.7. The molecule has 1 aromatic rings. The van der Waals surface area contributed by atoms with E-state index < -0.39 is 9.84 Å². The van der Waals surface area contributed by atoms with Gasteiger partial charge in [0.1, 0.15) is 0 Å². The standard InChI is InChI=1S/C18H26IN3O2S/c19-16-10-20-22(11-16)13-17-6-14-5-15(7-17)9-18(8-14,12-17)21-1-3-25(23,24)4-2-21/h10-11,14-15H,1-9,12-13H2.